The van der Waals surface area contributed by atoms with Crippen molar-refractivity contribution in [3.63, 3.8) is 0 Å². The molecule has 1 N–H and O–H groups in total. The summed E-state index contributed by atoms with van der Waals surface area (Å²) in [5, 5.41) is 5.38. The lowest BCUT2D eigenvalue weighted by Crippen LogP contribution is -2.34. The molecule has 20 heavy (non-hydrogen) atoms. The zero-order chi connectivity index (χ0) is 13.8. The number of hydrogen-bond acceptors (Lipinski definition) is 3. The van der Waals surface area contributed by atoms with Gasteiger partial charge in [-0.15, -0.1) is 11.3 Å². The Bertz CT molecular complexity index is 420. The molecule has 1 aromatic rings. The van der Waals surface area contributed by atoms with Crippen LogP contribution in [0.5, 0.6) is 0 Å². The first-order chi connectivity index (χ1) is 9.83. The van der Waals surface area contributed by atoms with Crippen molar-refractivity contribution in [3.05, 3.63) is 22.4 Å². The number of carbonyl (C=O) groups is 1. The monoisotopic (exact) mass is 293 g/mol. The van der Waals surface area contributed by atoms with Crippen LogP contribution >= 0.6 is 11.3 Å². The minimum atomic E-state index is 0.141. The molecule has 2 heterocycles. The van der Waals surface area contributed by atoms with E-state index < -0.39 is 0 Å². The molecule has 0 aromatic carbocycles. The summed E-state index contributed by atoms with van der Waals surface area (Å²) in [6.07, 6.45) is 7.86. The standard InChI is InChI=1S/C16H23NO2S/c18-15(11-13-7-3-9-19-13)17-16(12-5-1-2-6-12)14-8-4-10-20-14/h4,8,10,12-13,16H,1-3,5-7,9,11H2,(H,17,18)/t13-,16-/m1/s1. The van der Waals surface area contributed by atoms with Gasteiger partial charge >= 0.3 is 0 Å². The van der Waals surface area contributed by atoms with Gasteiger partial charge in [0.15, 0.2) is 0 Å². The van der Waals surface area contributed by atoms with E-state index in [4.69, 9.17) is 4.74 Å². The molecule has 2 fully saturated rings. The Morgan fingerprint density at radius 1 is 1.35 bits per heavy atom. The van der Waals surface area contributed by atoms with Gasteiger partial charge in [-0.25, -0.2) is 0 Å². The fourth-order valence-corrected chi connectivity index (χ4v) is 4.29. The maximum Gasteiger partial charge on any atom is 0.223 e. The average Bonchev–Trinajstić information content (AvgIpc) is 3.18. The van der Waals surface area contributed by atoms with Crippen molar-refractivity contribution in [3.8, 4) is 0 Å². The predicted octanol–water partition coefficient (Wildman–Crippen LogP) is 3.66. The lowest BCUT2D eigenvalue weighted by molar-refractivity contribution is -0.124. The summed E-state index contributed by atoms with van der Waals surface area (Å²) in [5.41, 5.74) is 0. The minimum Gasteiger partial charge on any atom is -0.378 e. The van der Waals surface area contributed by atoms with Crippen LogP contribution in [0.4, 0.5) is 0 Å². The molecule has 3 rings (SSSR count). The van der Waals surface area contributed by atoms with Gasteiger partial charge in [0.05, 0.1) is 18.6 Å². The van der Waals surface area contributed by atoms with Gasteiger partial charge in [0.2, 0.25) is 5.91 Å². The van der Waals surface area contributed by atoms with E-state index in [-0.39, 0.29) is 18.1 Å². The Labute approximate surface area is 124 Å². The molecule has 1 aliphatic heterocycles. The van der Waals surface area contributed by atoms with Crippen molar-refractivity contribution < 1.29 is 9.53 Å². The maximum absolute atomic E-state index is 12.3. The van der Waals surface area contributed by atoms with Crippen LogP contribution in [0.25, 0.3) is 0 Å². The van der Waals surface area contributed by atoms with E-state index in [0.29, 0.717) is 12.3 Å². The highest BCUT2D eigenvalue weighted by Gasteiger charge is 2.29. The molecule has 4 heteroatoms. The largest absolute Gasteiger partial charge is 0.378 e. The molecule has 0 radical (unpaired) electrons. The van der Waals surface area contributed by atoms with Gasteiger partial charge in [0.1, 0.15) is 0 Å². The normalized spacial score (nSPS) is 24.9. The number of carbonyl (C=O) groups excluding carboxylic acids is 1. The van der Waals surface area contributed by atoms with Crippen molar-refractivity contribution in [2.45, 2.75) is 57.1 Å². The van der Waals surface area contributed by atoms with E-state index in [1.807, 2.05) is 0 Å². The molecular formula is C16H23NO2S. The van der Waals surface area contributed by atoms with Crippen molar-refractivity contribution in [1.82, 2.24) is 5.32 Å². The van der Waals surface area contributed by atoms with Gasteiger partial charge in [-0.05, 0) is 43.0 Å². The van der Waals surface area contributed by atoms with Crippen molar-refractivity contribution in [1.29, 1.82) is 0 Å². The zero-order valence-corrected chi connectivity index (χ0v) is 12.7. The molecule has 0 unspecified atom stereocenters. The Morgan fingerprint density at radius 3 is 2.85 bits per heavy atom. The Morgan fingerprint density at radius 2 is 2.20 bits per heavy atom. The second-order valence-corrected chi connectivity index (χ2v) is 6.92. The third-order valence-corrected chi connectivity index (χ3v) is 5.43. The second-order valence-electron chi connectivity index (χ2n) is 5.94. The van der Waals surface area contributed by atoms with Gasteiger partial charge in [-0.1, -0.05) is 18.9 Å². The molecule has 1 aliphatic carbocycles. The van der Waals surface area contributed by atoms with Crippen LogP contribution < -0.4 is 5.32 Å². The van der Waals surface area contributed by atoms with E-state index >= 15 is 0 Å². The summed E-state index contributed by atoms with van der Waals surface area (Å²) in [4.78, 5) is 13.6. The molecule has 110 valence electrons. The minimum absolute atomic E-state index is 0.141. The highest BCUT2D eigenvalue weighted by Crippen LogP contribution is 2.37. The van der Waals surface area contributed by atoms with Gasteiger partial charge in [0.25, 0.3) is 0 Å². The quantitative estimate of drug-likeness (QED) is 0.899. The first kappa shape index (κ1) is 14.1. The summed E-state index contributed by atoms with van der Waals surface area (Å²) in [5.74, 6) is 0.768. The van der Waals surface area contributed by atoms with Crippen molar-refractivity contribution in [2.75, 3.05) is 6.61 Å². The van der Waals surface area contributed by atoms with Crippen molar-refractivity contribution in [2.24, 2.45) is 5.92 Å². The number of amides is 1. The lowest BCUT2D eigenvalue weighted by atomic mass is 9.96. The van der Waals surface area contributed by atoms with Gasteiger partial charge in [-0.3, -0.25) is 4.79 Å². The fraction of sp³-hybridized carbons (Fsp3) is 0.688. The van der Waals surface area contributed by atoms with E-state index in [1.165, 1.54) is 30.6 Å². The SMILES string of the molecule is O=C(C[C@H]1CCCO1)N[C@@H](c1cccs1)C1CCCC1. The molecule has 1 aromatic heterocycles. The van der Waals surface area contributed by atoms with Crippen LogP contribution in [0.15, 0.2) is 17.5 Å². The summed E-state index contributed by atoms with van der Waals surface area (Å²) in [7, 11) is 0. The van der Waals surface area contributed by atoms with Gasteiger partial charge in [-0.2, -0.15) is 0 Å². The highest BCUT2D eigenvalue weighted by atomic mass is 32.1. The van der Waals surface area contributed by atoms with Gasteiger partial charge in [0, 0.05) is 11.5 Å². The molecule has 0 spiro atoms. The summed E-state index contributed by atoms with van der Waals surface area (Å²) in [6.45, 7) is 0.814. The Kier molecular flexibility index (Phi) is 4.73. The molecule has 2 aliphatic rings. The summed E-state index contributed by atoms with van der Waals surface area (Å²) < 4.78 is 5.56. The molecule has 1 amide bonds. The Hall–Kier alpha value is -0.870. The maximum atomic E-state index is 12.3. The fourth-order valence-electron chi connectivity index (χ4n) is 3.42. The third-order valence-electron chi connectivity index (χ3n) is 4.47. The van der Waals surface area contributed by atoms with Crippen LogP contribution in [-0.4, -0.2) is 18.6 Å². The summed E-state index contributed by atoms with van der Waals surface area (Å²) in [6, 6.07) is 4.44. The van der Waals surface area contributed by atoms with Crippen LogP contribution in [0, 0.1) is 5.92 Å². The number of ether oxygens (including phenoxy) is 1. The Balaban J connectivity index is 1.61. The van der Waals surface area contributed by atoms with Crippen LogP contribution in [0.3, 0.4) is 0 Å². The molecule has 1 saturated carbocycles. The smallest absolute Gasteiger partial charge is 0.223 e. The third kappa shape index (κ3) is 3.41. The van der Waals surface area contributed by atoms with E-state index in [1.54, 1.807) is 11.3 Å². The molecule has 2 atom stereocenters. The number of hydrogen-bond donors (Lipinski definition) is 1. The molecule has 0 bridgehead atoms. The molecular weight excluding hydrogens is 270 g/mol. The van der Waals surface area contributed by atoms with Crippen LogP contribution in [0.2, 0.25) is 0 Å². The number of thiophene rings is 1. The highest BCUT2D eigenvalue weighted by molar-refractivity contribution is 7.10. The van der Waals surface area contributed by atoms with Gasteiger partial charge < -0.3 is 10.1 Å². The molecule has 1 saturated heterocycles. The number of nitrogens with one attached hydrogen (secondary N) is 1. The number of rotatable bonds is 5. The van der Waals surface area contributed by atoms with Crippen LogP contribution in [-0.2, 0) is 9.53 Å². The van der Waals surface area contributed by atoms with E-state index in [9.17, 15) is 4.79 Å². The summed E-state index contributed by atoms with van der Waals surface area (Å²) >= 11 is 1.76. The molecule has 3 nitrogen and oxygen atoms in total. The topological polar surface area (TPSA) is 38.3 Å². The first-order valence-corrected chi connectivity index (χ1v) is 8.65. The first-order valence-electron chi connectivity index (χ1n) is 7.77. The van der Waals surface area contributed by atoms with E-state index in [0.717, 1.165) is 19.4 Å². The lowest BCUT2D eigenvalue weighted by Gasteiger charge is -2.24. The predicted molar refractivity (Wildman–Crippen MR) is 80.8 cm³/mol. The van der Waals surface area contributed by atoms with E-state index in [2.05, 4.69) is 22.8 Å². The second kappa shape index (κ2) is 6.72. The zero-order valence-electron chi connectivity index (χ0n) is 11.8. The average molecular weight is 293 g/mol. The van der Waals surface area contributed by atoms with Crippen LogP contribution in [0.1, 0.15) is 55.9 Å². The van der Waals surface area contributed by atoms with Crippen molar-refractivity contribution >= 4 is 17.2 Å².